The van der Waals surface area contributed by atoms with Gasteiger partial charge in [-0.25, -0.2) is 4.98 Å². The van der Waals surface area contributed by atoms with Crippen LogP contribution in [0.2, 0.25) is 0 Å². The molecule has 2 N–H and O–H groups in total. The van der Waals surface area contributed by atoms with E-state index in [4.69, 9.17) is 4.74 Å². The summed E-state index contributed by atoms with van der Waals surface area (Å²) in [4.78, 5) is 10.8. The lowest BCUT2D eigenvalue weighted by molar-refractivity contribution is 0.120. The highest BCUT2D eigenvalue weighted by Crippen LogP contribution is 2.12. The molecule has 1 aromatic rings. The Bertz CT molecular complexity index is 379. The molecule has 1 aliphatic rings. The number of hydrogen-bond acceptors (Lipinski definition) is 6. The number of ether oxygens (including phenoxy) is 1. The second-order valence-corrected chi connectivity index (χ2v) is 5.01. The van der Waals surface area contributed by atoms with E-state index in [1.54, 1.807) is 6.20 Å². The van der Waals surface area contributed by atoms with Gasteiger partial charge in [-0.1, -0.05) is 0 Å². The van der Waals surface area contributed by atoms with Crippen molar-refractivity contribution in [2.75, 3.05) is 51.0 Å². The minimum atomic E-state index is 0.300. The van der Waals surface area contributed by atoms with Crippen LogP contribution in [0.5, 0.6) is 0 Å². The van der Waals surface area contributed by atoms with E-state index in [1.165, 1.54) is 0 Å². The van der Waals surface area contributed by atoms with E-state index in [1.807, 2.05) is 6.07 Å². The molecule has 0 radical (unpaired) electrons. The van der Waals surface area contributed by atoms with E-state index in [-0.39, 0.29) is 0 Å². The first-order valence-electron chi connectivity index (χ1n) is 6.81. The molecule has 1 saturated heterocycles. The predicted octanol–water partition coefficient (Wildman–Crippen LogP) is 1.04. The molecule has 0 aliphatic carbocycles. The average Bonchev–Trinajstić information content (AvgIpc) is 2.89. The summed E-state index contributed by atoms with van der Waals surface area (Å²) in [6, 6.07) is 1.88. The quantitative estimate of drug-likeness (QED) is 0.768. The Morgan fingerprint density at radius 3 is 3.05 bits per heavy atom. The van der Waals surface area contributed by atoms with Crippen LogP contribution in [0, 0.1) is 0 Å². The van der Waals surface area contributed by atoms with Gasteiger partial charge in [0.1, 0.15) is 5.82 Å². The summed E-state index contributed by atoms with van der Waals surface area (Å²) in [5.41, 5.74) is 0. The Balaban J connectivity index is 1.77. The van der Waals surface area contributed by atoms with Gasteiger partial charge in [0, 0.05) is 32.4 Å². The summed E-state index contributed by atoms with van der Waals surface area (Å²) in [5, 5.41) is 6.51. The fourth-order valence-corrected chi connectivity index (χ4v) is 1.96. The Morgan fingerprint density at radius 2 is 2.32 bits per heavy atom. The molecule has 1 fully saturated rings. The minimum absolute atomic E-state index is 0.300. The van der Waals surface area contributed by atoms with Crippen LogP contribution >= 0.6 is 0 Å². The molecule has 19 heavy (non-hydrogen) atoms. The Labute approximate surface area is 114 Å². The van der Waals surface area contributed by atoms with Gasteiger partial charge in [-0.3, -0.25) is 0 Å². The molecule has 1 atom stereocenters. The van der Waals surface area contributed by atoms with Crippen LogP contribution in [0.3, 0.4) is 0 Å². The third-order valence-electron chi connectivity index (χ3n) is 3.03. The molecule has 0 amide bonds. The van der Waals surface area contributed by atoms with Crippen molar-refractivity contribution in [3.63, 3.8) is 0 Å². The summed E-state index contributed by atoms with van der Waals surface area (Å²) in [7, 11) is 4.10. The van der Waals surface area contributed by atoms with Crippen LogP contribution in [-0.2, 0) is 4.74 Å². The fourth-order valence-electron chi connectivity index (χ4n) is 1.96. The van der Waals surface area contributed by atoms with Gasteiger partial charge in [-0.15, -0.1) is 0 Å². The first-order chi connectivity index (χ1) is 9.24. The molecule has 2 heterocycles. The van der Waals surface area contributed by atoms with Crippen LogP contribution in [0.4, 0.5) is 11.8 Å². The molecule has 2 rings (SSSR count). The van der Waals surface area contributed by atoms with Crippen LogP contribution in [0.15, 0.2) is 12.3 Å². The lowest BCUT2D eigenvalue weighted by Gasteiger charge is -2.13. The summed E-state index contributed by atoms with van der Waals surface area (Å²) >= 11 is 0. The number of anilines is 2. The van der Waals surface area contributed by atoms with E-state index in [9.17, 15) is 0 Å². The van der Waals surface area contributed by atoms with Crippen LogP contribution in [0.1, 0.15) is 12.8 Å². The minimum Gasteiger partial charge on any atom is -0.376 e. The van der Waals surface area contributed by atoms with E-state index < -0.39 is 0 Å². The number of rotatable bonds is 7. The SMILES string of the molecule is CN(C)CCNc1ccnc(NCC2CCCO2)n1. The summed E-state index contributed by atoms with van der Waals surface area (Å²) in [6.07, 6.45) is 4.34. The molecular formula is C13H23N5O. The maximum atomic E-state index is 5.56. The average molecular weight is 265 g/mol. The Hall–Kier alpha value is -1.40. The lowest BCUT2D eigenvalue weighted by atomic mass is 10.2. The van der Waals surface area contributed by atoms with Gasteiger partial charge in [0.05, 0.1) is 6.10 Å². The van der Waals surface area contributed by atoms with E-state index >= 15 is 0 Å². The van der Waals surface area contributed by atoms with Crippen LogP contribution in [0.25, 0.3) is 0 Å². The summed E-state index contributed by atoms with van der Waals surface area (Å²) in [6.45, 7) is 3.50. The van der Waals surface area contributed by atoms with E-state index in [0.717, 1.165) is 44.9 Å². The molecule has 0 aromatic carbocycles. The van der Waals surface area contributed by atoms with Crippen LogP contribution < -0.4 is 10.6 Å². The van der Waals surface area contributed by atoms with Crippen molar-refractivity contribution >= 4 is 11.8 Å². The highest BCUT2D eigenvalue weighted by atomic mass is 16.5. The number of nitrogens with zero attached hydrogens (tertiary/aromatic N) is 3. The first kappa shape index (κ1) is 14.0. The highest BCUT2D eigenvalue weighted by Gasteiger charge is 2.15. The number of nitrogens with one attached hydrogen (secondary N) is 2. The molecule has 6 heteroatoms. The van der Waals surface area contributed by atoms with Gasteiger partial charge in [-0.2, -0.15) is 4.98 Å². The zero-order chi connectivity index (χ0) is 13.5. The smallest absolute Gasteiger partial charge is 0.224 e. The fraction of sp³-hybridized carbons (Fsp3) is 0.692. The molecule has 0 spiro atoms. The highest BCUT2D eigenvalue weighted by molar-refractivity contribution is 5.39. The molecular weight excluding hydrogens is 242 g/mol. The first-order valence-corrected chi connectivity index (χ1v) is 6.81. The maximum Gasteiger partial charge on any atom is 0.224 e. The predicted molar refractivity (Wildman–Crippen MR) is 76.5 cm³/mol. The second-order valence-electron chi connectivity index (χ2n) is 5.01. The zero-order valence-electron chi connectivity index (χ0n) is 11.7. The molecule has 0 saturated carbocycles. The van der Waals surface area contributed by atoms with Crippen molar-refractivity contribution in [2.24, 2.45) is 0 Å². The van der Waals surface area contributed by atoms with Crippen molar-refractivity contribution < 1.29 is 4.74 Å². The van der Waals surface area contributed by atoms with Gasteiger partial charge in [-0.05, 0) is 33.0 Å². The number of aromatic nitrogens is 2. The molecule has 1 aromatic heterocycles. The summed E-state index contributed by atoms with van der Waals surface area (Å²) in [5.74, 6) is 1.51. The third kappa shape index (κ3) is 5.00. The number of hydrogen-bond donors (Lipinski definition) is 2. The Morgan fingerprint density at radius 1 is 1.42 bits per heavy atom. The molecule has 106 valence electrons. The maximum absolute atomic E-state index is 5.56. The molecule has 1 aliphatic heterocycles. The third-order valence-corrected chi connectivity index (χ3v) is 3.03. The molecule has 1 unspecified atom stereocenters. The largest absolute Gasteiger partial charge is 0.376 e. The van der Waals surface area contributed by atoms with Crippen molar-refractivity contribution in [1.29, 1.82) is 0 Å². The zero-order valence-corrected chi connectivity index (χ0v) is 11.7. The molecule has 6 nitrogen and oxygen atoms in total. The standard InChI is InChI=1S/C13H23N5O/c1-18(2)8-7-14-12-5-6-15-13(17-12)16-10-11-4-3-9-19-11/h5-6,11H,3-4,7-10H2,1-2H3,(H2,14,15,16,17). The topological polar surface area (TPSA) is 62.3 Å². The van der Waals surface area contributed by atoms with E-state index in [0.29, 0.717) is 12.1 Å². The van der Waals surface area contributed by atoms with Crippen molar-refractivity contribution in [3.8, 4) is 0 Å². The number of likely N-dealkylation sites (N-methyl/N-ethyl adjacent to an activating group) is 1. The lowest BCUT2D eigenvalue weighted by Crippen LogP contribution is -2.22. The van der Waals surface area contributed by atoms with Gasteiger partial charge in [0.2, 0.25) is 5.95 Å². The van der Waals surface area contributed by atoms with Crippen molar-refractivity contribution in [3.05, 3.63) is 12.3 Å². The van der Waals surface area contributed by atoms with Gasteiger partial charge in [0.15, 0.2) is 0 Å². The second kappa shape index (κ2) is 7.25. The van der Waals surface area contributed by atoms with Gasteiger partial charge < -0.3 is 20.3 Å². The van der Waals surface area contributed by atoms with Gasteiger partial charge in [0.25, 0.3) is 0 Å². The normalized spacial score (nSPS) is 18.8. The van der Waals surface area contributed by atoms with Crippen molar-refractivity contribution in [1.82, 2.24) is 14.9 Å². The monoisotopic (exact) mass is 265 g/mol. The Kier molecular flexibility index (Phi) is 5.35. The summed E-state index contributed by atoms with van der Waals surface area (Å²) < 4.78 is 5.56. The van der Waals surface area contributed by atoms with Gasteiger partial charge >= 0.3 is 0 Å². The molecule has 0 bridgehead atoms. The van der Waals surface area contributed by atoms with E-state index in [2.05, 4.69) is 39.6 Å². The van der Waals surface area contributed by atoms with Crippen LogP contribution in [-0.4, -0.2) is 61.3 Å². The van der Waals surface area contributed by atoms with Crippen molar-refractivity contribution in [2.45, 2.75) is 18.9 Å².